The second kappa shape index (κ2) is 5.70. The van der Waals surface area contributed by atoms with Gasteiger partial charge < -0.3 is 10.1 Å². The van der Waals surface area contributed by atoms with Gasteiger partial charge in [-0.1, -0.05) is 11.6 Å². The van der Waals surface area contributed by atoms with Crippen LogP contribution in [0.25, 0.3) is 0 Å². The lowest BCUT2D eigenvalue weighted by Gasteiger charge is -2.08. The molecule has 8 heteroatoms. The van der Waals surface area contributed by atoms with Crippen LogP contribution in [0.2, 0.25) is 5.02 Å². The van der Waals surface area contributed by atoms with E-state index in [2.05, 4.69) is 15.3 Å². The van der Waals surface area contributed by atoms with E-state index >= 15 is 0 Å². The molecule has 1 heterocycles. The number of halogens is 1. The zero-order valence-electron chi connectivity index (χ0n) is 10.8. The molecule has 0 spiro atoms. The SMILES string of the molecule is CNc1ncnc(Oc2ccc(Cl)c(C)c2)c1[N+](=O)[O-]. The smallest absolute Gasteiger partial charge is 0.373 e. The Morgan fingerprint density at radius 1 is 1.40 bits per heavy atom. The third-order valence-electron chi connectivity index (χ3n) is 2.55. The van der Waals surface area contributed by atoms with Crippen LogP contribution >= 0.6 is 11.6 Å². The van der Waals surface area contributed by atoms with Crippen LogP contribution < -0.4 is 10.1 Å². The molecular weight excluding hydrogens is 284 g/mol. The lowest BCUT2D eigenvalue weighted by molar-refractivity contribution is -0.385. The van der Waals surface area contributed by atoms with Crippen LogP contribution in [-0.4, -0.2) is 21.9 Å². The summed E-state index contributed by atoms with van der Waals surface area (Å²) in [7, 11) is 1.53. The first kappa shape index (κ1) is 14.0. The average Bonchev–Trinajstić information content (AvgIpc) is 2.42. The Morgan fingerprint density at radius 2 is 2.15 bits per heavy atom. The third kappa shape index (κ3) is 2.77. The van der Waals surface area contributed by atoms with E-state index in [4.69, 9.17) is 16.3 Å². The molecule has 7 nitrogen and oxygen atoms in total. The Labute approximate surface area is 119 Å². The summed E-state index contributed by atoms with van der Waals surface area (Å²) < 4.78 is 5.46. The number of aromatic nitrogens is 2. The fraction of sp³-hybridized carbons (Fsp3) is 0.167. The van der Waals surface area contributed by atoms with Gasteiger partial charge in [-0.2, -0.15) is 4.98 Å². The molecule has 0 atom stereocenters. The molecule has 0 saturated heterocycles. The second-order valence-corrected chi connectivity index (χ2v) is 4.30. The molecule has 2 aromatic rings. The van der Waals surface area contributed by atoms with Crippen molar-refractivity contribution in [1.29, 1.82) is 0 Å². The van der Waals surface area contributed by atoms with E-state index in [0.717, 1.165) is 5.56 Å². The maximum Gasteiger partial charge on any atom is 0.373 e. The van der Waals surface area contributed by atoms with Crippen LogP contribution in [0.5, 0.6) is 11.6 Å². The first-order valence-corrected chi connectivity index (χ1v) is 6.02. The van der Waals surface area contributed by atoms with Gasteiger partial charge in [0.2, 0.25) is 5.82 Å². The molecule has 0 saturated carbocycles. The maximum atomic E-state index is 11.1. The topological polar surface area (TPSA) is 90.2 Å². The highest BCUT2D eigenvalue weighted by molar-refractivity contribution is 6.31. The molecule has 0 aliphatic heterocycles. The summed E-state index contributed by atoms with van der Waals surface area (Å²) in [6.07, 6.45) is 1.19. The van der Waals surface area contributed by atoms with Crippen LogP contribution in [0.1, 0.15) is 5.56 Å². The van der Waals surface area contributed by atoms with Gasteiger partial charge in [-0.05, 0) is 30.7 Å². The Morgan fingerprint density at radius 3 is 2.75 bits per heavy atom. The summed E-state index contributed by atoms with van der Waals surface area (Å²) in [5.74, 6) is 0.373. The van der Waals surface area contributed by atoms with E-state index in [0.29, 0.717) is 10.8 Å². The zero-order valence-corrected chi connectivity index (χ0v) is 11.5. The van der Waals surface area contributed by atoms with E-state index in [1.54, 1.807) is 18.2 Å². The average molecular weight is 295 g/mol. The Bertz CT molecular complexity index is 663. The van der Waals surface area contributed by atoms with Crippen LogP contribution in [0.3, 0.4) is 0 Å². The van der Waals surface area contributed by atoms with Gasteiger partial charge in [-0.3, -0.25) is 10.1 Å². The molecule has 2 rings (SSSR count). The van der Waals surface area contributed by atoms with Gasteiger partial charge >= 0.3 is 11.6 Å². The highest BCUT2D eigenvalue weighted by Gasteiger charge is 2.24. The van der Waals surface area contributed by atoms with Crippen molar-refractivity contribution in [3.05, 3.63) is 45.2 Å². The highest BCUT2D eigenvalue weighted by Crippen LogP contribution is 2.34. The van der Waals surface area contributed by atoms with Crippen LogP contribution in [-0.2, 0) is 0 Å². The van der Waals surface area contributed by atoms with Crippen molar-refractivity contribution in [2.45, 2.75) is 6.92 Å². The summed E-state index contributed by atoms with van der Waals surface area (Å²) in [6.45, 7) is 1.81. The van der Waals surface area contributed by atoms with E-state index in [9.17, 15) is 10.1 Å². The molecule has 0 aliphatic carbocycles. The number of hydrogen-bond acceptors (Lipinski definition) is 6. The molecule has 0 amide bonds. The number of anilines is 1. The number of hydrogen-bond donors (Lipinski definition) is 1. The number of nitrogens with zero attached hydrogens (tertiary/aromatic N) is 3. The van der Waals surface area contributed by atoms with Crippen molar-refractivity contribution < 1.29 is 9.66 Å². The lowest BCUT2D eigenvalue weighted by atomic mass is 10.2. The van der Waals surface area contributed by atoms with Gasteiger partial charge in [0, 0.05) is 12.1 Å². The standard InChI is InChI=1S/C12H11ClN4O3/c1-7-5-8(3-4-9(7)13)20-12-10(17(18)19)11(14-2)15-6-16-12/h3-6H,1-2H3,(H,14,15,16). The molecule has 1 aromatic heterocycles. The zero-order chi connectivity index (χ0) is 14.7. The van der Waals surface area contributed by atoms with Crippen molar-refractivity contribution in [2.75, 3.05) is 12.4 Å². The van der Waals surface area contributed by atoms with Crippen molar-refractivity contribution in [3.8, 4) is 11.6 Å². The monoisotopic (exact) mass is 294 g/mol. The van der Waals surface area contributed by atoms with Crippen LogP contribution in [0.15, 0.2) is 24.5 Å². The lowest BCUT2D eigenvalue weighted by Crippen LogP contribution is -2.03. The molecule has 104 valence electrons. The largest absolute Gasteiger partial charge is 0.434 e. The van der Waals surface area contributed by atoms with Crippen molar-refractivity contribution >= 4 is 23.1 Å². The predicted octanol–water partition coefficient (Wildman–Crippen LogP) is 3.18. The minimum atomic E-state index is -0.593. The molecule has 1 aromatic carbocycles. The molecule has 0 bridgehead atoms. The van der Waals surface area contributed by atoms with E-state index in [-0.39, 0.29) is 17.4 Å². The molecule has 1 N–H and O–H groups in total. The number of benzene rings is 1. The van der Waals surface area contributed by atoms with Gasteiger partial charge in [-0.15, -0.1) is 0 Å². The van der Waals surface area contributed by atoms with Crippen LogP contribution in [0, 0.1) is 17.0 Å². The number of rotatable bonds is 4. The summed E-state index contributed by atoms with van der Waals surface area (Å²) in [5, 5.41) is 14.3. The first-order valence-electron chi connectivity index (χ1n) is 5.64. The minimum Gasteiger partial charge on any atom is -0.434 e. The Hall–Kier alpha value is -2.41. The van der Waals surface area contributed by atoms with E-state index in [1.807, 2.05) is 6.92 Å². The summed E-state index contributed by atoms with van der Waals surface area (Å²) in [5.41, 5.74) is 0.484. The van der Waals surface area contributed by atoms with Crippen molar-refractivity contribution in [2.24, 2.45) is 0 Å². The highest BCUT2D eigenvalue weighted by atomic mass is 35.5. The van der Waals surface area contributed by atoms with E-state index in [1.165, 1.54) is 13.4 Å². The Kier molecular flexibility index (Phi) is 3.99. The van der Waals surface area contributed by atoms with Crippen molar-refractivity contribution in [3.63, 3.8) is 0 Å². The fourth-order valence-electron chi connectivity index (χ4n) is 1.58. The Balaban J connectivity index is 2.42. The first-order chi connectivity index (χ1) is 9.52. The summed E-state index contributed by atoms with van der Waals surface area (Å²) in [4.78, 5) is 18.1. The molecule has 0 unspecified atom stereocenters. The molecule has 0 radical (unpaired) electrons. The quantitative estimate of drug-likeness (QED) is 0.688. The van der Waals surface area contributed by atoms with Crippen molar-refractivity contribution in [1.82, 2.24) is 9.97 Å². The van der Waals surface area contributed by atoms with Crippen LogP contribution in [0.4, 0.5) is 11.5 Å². The van der Waals surface area contributed by atoms with Gasteiger partial charge in [0.1, 0.15) is 12.1 Å². The minimum absolute atomic E-state index is 0.0886. The summed E-state index contributed by atoms with van der Waals surface area (Å²) in [6, 6.07) is 4.94. The number of nitro groups is 1. The number of ether oxygens (including phenoxy) is 1. The fourth-order valence-corrected chi connectivity index (χ4v) is 1.69. The molecule has 0 aliphatic rings. The number of nitrogens with one attached hydrogen (secondary N) is 1. The van der Waals surface area contributed by atoms with Gasteiger partial charge in [-0.25, -0.2) is 4.98 Å². The second-order valence-electron chi connectivity index (χ2n) is 3.90. The summed E-state index contributed by atoms with van der Waals surface area (Å²) >= 11 is 5.91. The van der Waals surface area contributed by atoms with Gasteiger partial charge in [0.15, 0.2) is 0 Å². The molecule has 0 fully saturated rings. The molecule has 20 heavy (non-hydrogen) atoms. The number of aryl methyl sites for hydroxylation is 1. The van der Waals surface area contributed by atoms with Gasteiger partial charge in [0.25, 0.3) is 0 Å². The molecular formula is C12H11ClN4O3. The normalized spacial score (nSPS) is 10.2. The third-order valence-corrected chi connectivity index (χ3v) is 2.98. The maximum absolute atomic E-state index is 11.1. The van der Waals surface area contributed by atoms with E-state index < -0.39 is 4.92 Å². The van der Waals surface area contributed by atoms with Gasteiger partial charge in [0.05, 0.1) is 4.92 Å². The predicted molar refractivity (Wildman–Crippen MR) is 74.5 cm³/mol.